The standard InChI is InChI=1S/C22H30N4O2.C6H8O7/c1-16(2)21-23-20-15-25(14-17-5-4-6-18(13-17)27-3)8-7-19(20)22(24-21)26-9-11-28-12-10-26;7-3(8)1-6(13,5(11)12)2-4(9)10/h4-6,13,16H,7-12,14-15H2,1-3H3;13H,1-2H2,(H,7,8)(H,9,10)(H,11,12). The van der Waals surface area contributed by atoms with Crippen molar-refractivity contribution in [3.05, 3.63) is 46.9 Å². The molecule has 2 aromatic rings. The van der Waals surface area contributed by atoms with Gasteiger partial charge in [0.05, 0.1) is 38.9 Å². The molecule has 0 saturated carbocycles. The van der Waals surface area contributed by atoms with E-state index < -0.39 is 36.4 Å². The molecule has 0 spiro atoms. The summed E-state index contributed by atoms with van der Waals surface area (Å²) in [6.45, 7) is 10.5. The van der Waals surface area contributed by atoms with Crippen LogP contribution in [0.25, 0.3) is 0 Å². The van der Waals surface area contributed by atoms with E-state index in [0.29, 0.717) is 5.92 Å². The molecule has 0 amide bonds. The zero-order valence-corrected chi connectivity index (χ0v) is 23.6. The zero-order chi connectivity index (χ0) is 30.2. The second kappa shape index (κ2) is 14.2. The average Bonchev–Trinajstić information content (AvgIpc) is 2.92. The van der Waals surface area contributed by atoms with Crippen molar-refractivity contribution < 1.29 is 44.3 Å². The van der Waals surface area contributed by atoms with Gasteiger partial charge in [0.1, 0.15) is 17.4 Å². The van der Waals surface area contributed by atoms with Gasteiger partial charge < -0.3 is 34.8 Å². The summed E-state index contributed by atoms with van der Waals surface area (Å²) in [5.74, 6) is -1.70. The van der Waals surface area contributed by atoms with Crippen molar-refractivity contribution >= 4 is 23.7 Å². The summed E-state index contributed by atoms with van der Waals surface area (Å²) in [5, 5.41) is 33.8. The summed E-state index contributed by atoms with van der Waals surface area (Å²) in [5.41, 5.74) is 1.05. The lowest BCUT2D eigenvalue weighted by molar-refractivity contribution is -0.170. The molecule has 3 heterocycles. The summed E-state index contributed by atoms with van der Waals surface area (Å²) in [6.07, 6.45) is -1.30. The van der Waals surface area contributed by atoms with Crippen molar-refractivity contribution in [2.45, 2.75) is 57.7 Å². The van der Waals surface area contributed by atoms with Crippen LogP contribution in [0.1, 0.15) is 55.3 Å². The molecule has 0 unspecified atom stereocenters. The summed E-state index contributed by atoms with van der Waals surface area (Å²) in [7, 11) is 1.72. The van der Waals surface area contributed by atoms with Crippen LogP contribution in [-0.2, 0) is 38.6 Å². The molecule has 1 fully saturated rings. The molecule has 13 heteroatoms. The monoisotopic (exact) mass is 574 g/mol. The molecule has 1 saturated heterocycles. The lowest BCUT2D eigenvalue weighted by Gasteiger charge is -2.34. The lowest BCUT2D eigenvalue weighted by atomic mass is 9.96. The topological polar surface area (TPSA) is 183 Å². The molecular weight excluding hydrogens is 536 g/mol. The molecule has 1 aromatic carbocycles. The highest BCUT2D eigenvalue weighted by atomic mass is 16.5. The average molecular weight is 575 g/mol. The Morgan fingerprint density at radius 3 is 2.27 bits per heavy atom. The number of nitrogens with zero attached hydrogens (tertiary/aromatic N) is 4. The van der Waals surface area contributed by atoms with Gasteiger partial charge in [-0.3, -0.25) is 14.5 Å². The smallest absolute Gasteiger partial charge is 0.336 e. The van der Waals surface area contributed by atoms with E-state index in [1.807, 2.05) is 6.07 Å². The van der Waals surface area contributed by atoms with E-state index in [0.717, 1.165) is 69.8 Å². The summed E-state index contributed by atoms with van der Waals surface area (Å²) in [6, 6.07) is 8.33. The first-order chi connectivity index (χ1) is 19.4. The van der Waals surface area contributed by atoms with Crippen LogP contribution in [0.15, 0.2) is 24.3 Å². The van der Waals surface area contributed by atoms with Crippen molar-refractivity contribution in [3.63, 3.8) is 0 Å². The normalized spacial score (nSPS) is 15.5. The van der Waals surface area contributed by atoms with Gasteiger partial charge in [0.2, 0.25) is 0 Å². The number of rotatable bonds is 10. The first-order valence-electron chi connectivity index (χ1n) is 13.4. The Kier molecular flexibility index (Phi) is 11.0. The summed E-state index contributed by atoms with van der Waals surface area (Å²) < 4.78 is 10.9. The Bertz CT molecular complexity index is 1220. The Morgan fingerprint density at radius 2 is 1.71 bits per heavy atom. The lowest BCUT2D eigenvalue weighted by Crippen LogP contribution is -2.42. The predicted octanol–water partition coefficient (Wildman–Crippen LogP) is 1.76. The van der Waals surface area contributed by atoms with Crippen molar-refractivity contribution in [1.82, 2.24) is 14.9 Å². The fourth-order valence-electron chi connectivity index (χ4n) is 4.66. The van der Waals surface area contributed by atoms with Crippen molar-refractivity contribution in [2.24, 2.45) is 0 Å². The molecule has 13 nitrogen and oxygen atoms in total. The van der Waals surface area contributed by atoms with Crippen molar-refractivity contribution in [3.8, 4) is 5.75 Å². The maximum atomic E-state index is 10.3. The Morgan fingerprint density at radius 1 is 1.05 bits per heavy atom. The number of ether oxygens (including phenoxy) is 2. The maximum absolute atomic E-state index is 10.3. The van der Waals surface area contributed by atoms with Crippen LogP contribution in [0.2, 0.25) is 0 Å². The number of aliphatic carboxylic acids is 3. The molecule has 2 aliphatic heterocycles. The van der Waals surface area contributed by atoms with E-state index in [1.54, 1.807) is 7.11 Å². The quantitative estimate of drug-likeness (QED) is 0.322. The summed E-state index contributed by atoms with van der Waals surface area (Å²) >= 11 is 0. The first kappa shape index (κ1) is 31.7. The van der Waals surface area contributed by atoms with Crippen LogP contribution in [0.4, 0.5) is 5.82 Å². The Labute approximate surface area is 238 Å². The number of fused-ring (bicyclic) bond motifs is 1. The van der Waals surface area contributed by atoms with Crippen LogP contribution in [-0.4, -0.2) is 98.8 Å². The van der Waals surface area contributed by atoms with E-state index in [9.17, 15) is 14.4 Å². The molecule has 224 valence electrons. The van der Waals surface area contributed by atoms with Crippen molar-refractivity contribution in [1.29, 1.82) is 0 Å². The third-order valence-corrected chi connectivity index (χ3v) is 6.79. The van der Waals surface area contributed by atoms with Gasteiger partial charge in [-0.1, -0.05) is 26.0 Å². The number of hydrogen-bond acceptors (Lipinski definition) is 10. The fraction of sp³-hybridized carbons (Fsp3) is 0.536. The molecule has 0 bridgehead atoms. The third kappa shape index (κ3) is 8.84. The van der Waals surface area contributed by atoms with Gasteiger partial charge in [-0.25, -0.2) is 14.8 Å². The number of carboxylic acids is 3. The SMILES string of the molecule is COc1cccc(CN2CCc3c(nc(C(C)C)nc3N3CCOCC3)C2)c1.O=C(O)CC(O)(CC(=O)O)C(=O)O. The largest absolute Gasteiger partial charge is 0.497 e. The minimum atomic E-state index is -2.74. The van der Waals surface area contributed by atoms with E-state index in [1.165, 1.54) is 16.8 Å². The number of carboxylic acid groups (broad SMARTS) is 3. The van der Waals surface area contributed by atoms with Gasteiger partial charge in [-0.2, -0.15) is 0 Å². The molecular formula is C28H38N4O9. The third-order valence-electron chi connectivity index (χ3n) is 6.79. The number of carbonyl (C=O) groups is 3. The van der Waals surface area contributed by atoms with Gasteiger partial charge in [-0.05, 0) is 24.1 Å². The van der Waals surface area contributed by atoms with Gasteiger partial charge >= 0.3 is 17.9 Å². The number of aromatic nitrogens is 2. The minimum Gasteiger partial charge on any atom is -0.497 e. The number of aliphatic hydroxyl groups is 1. The van der Waals surface area contributed by atoms with Crippen LogP contribution in [0.3, 0.4) is 0 Å². The van der Waals surface area contributed by atoms with E-state index in [2.05, 4.69) is 41.8 Å². The van der Waals surface area contributed by atoms with E-state index >= 15 is 0 Å². The molecule has 0 radical (unpaired) electrons. The van der Waals surface area contributed by atoms with E-state index in [4.69, 9.17) is 39.9 Å². The highest BCUT2D eigenvalue weighted by Gasteiger charge is 2.40. The minimum absolute atomic E-state index is 0.318. The maximum Gasteiger partial charge on any atom is 0.336 e. The zero-order valence-electron chi connectivity index (χ0n) is 23.6. The fourth-order valence-corrected chi connectivity index (χ4v) is 4.66. The Balaban J connectivity index is 0.000000302. The second-order valence-corrected chi connectivity index (χ2v) is 10.4. The van der Waals surface area contributed by atoms with Crippen LogP contribution in [0.5, 0.6) is 5.75 Å². The van der Waals surface area contributed by atoms with Gasteiger partial charge in [-0.15, -0.1) is 0 Å². The number of anilines is 1. The number of morpholine rings is 1. The van der Waals surface area contributed by atoms with Crippen molar-refractivity contribution in [2.75, 3.05) is 44.9 Å². The second-order valence-electron chi connectivity index (χ2n) is 10.4. The molecule has 41 heavy (non-hydrogen) atoms. The van der Waals surface area contributed by atoms with Gasteiger partial charge in [0, 0.05) is 44.2 Å². The van der Waals surface area contributed by atoms with Gasteiger partial charge in [0.15, 0.2) is 5.60 Å². The summed E-state index contributed by atoms with van der Waals surface area (Å²) in [4.78, 5) is 45.3. The van der Waals surface area contributed by atoms with Crippen LogP contribution in [0, 0.1) is 0 Å². The number of hydrogen-bond donors (Lipinski definition) is 4. The highest BCUT2D eigenvalue weighted by Crippen LogP contribution is 2.29. The number of methoxy groups -OCH3 is 1. The highest BCUT2D eigenvalue weighted by molar-refractivity contribution is 5.88. The predicted molar refractivity (Wildman–Crippen MR) is 147 cm³/mol. The molecule has 1 aromatic heterocycles. The molecule has 2 aliphatic rings. The first-order valence-corrected chi connectivity index (χ1v) is 13.4. The van der Waals surface area contributed by atoms with Crippen LogP contribution >= 0.6 is 0 Å². The molecule has 0 atom stereocenters. The van der Waals surface area contributed by atoms with E-state index in [-0.39, 0.29) is 0 Å². The Hall–Kier alpha value is -3.81. The molecule has 0 aliphatic carbocycles. The van der Waals surface area contributed by atoms with Gasteiger partial charge in [0.25, 0.3) is 0 Å². The number of benzene rings is 1. The van der Waals surface area contributed by atoms with Crippen LogP contribution < -0.4 is 9.64 Å². The molecule has 4 N–H and O–H groups in total. The molecule has 4 rings (SSSR count).